The molecule has 0 spiro atoms. The summed E-state index contributed by atoms with van der Waals surface area (Å²) in [6, 6.07) is 17.3. The third kappa shape index (κ3) is 4.92. The summed E-state index contributed by atoms with van der Waals surface area (Å²) in [5.41, 5.74) is 2.64. The second-order valence-electron chi connectivity index (χ2n) is 7.37. The number of hydrogen-bond donors (Lipinski definition) is 2. The minimum atomic E-state index is -0.519. The topological polar surface area (TPSA) is 85.2 Å². The van der Waals surface area contributed by atoms with E-state index in [1.165, 1.54) is 31.5 Å². The maximum absolute atomic E-state index is 13.5. The van der Waals surface area contributed by atoms with Crippen molar-refractivity contribution >= 4 is 34.8 Å². The Morgan fingerprint density at radius 2 is 1.79 bits per heavy atom. The molecule has 0 bridgehead atoms. The maximum atomic E-state index is 13.5. The fourth-order valence-electron chi connectivity index (χ4n) is 3.41. The van der Waals surface area contributed by atoms with Gasteiger partial charge in [-0.3, -0.25) is 9.59 Å². The molecule has 4 aromatic rings. The molecule has 3 aromatic carbocycles. The lowest BCUT2D eigenvalue weighted by Crippen LogP contribution is -2.15. The van der Waals surface area contributed by atoms with Gasteiger partial charge in [0.1, 0.15) is 11.6 Å². The molecule has 2 N–H and O–H groups in total. The zero-order chi connectivity index (χ0) is 24.2. The van der Waals surface area contributed by atoms with Gasteiger partial charge >= 0.3 is 0 Å². The predicted molar refractivity (Wildman–Crippen MR) is 129 cm³/mol. The van der Waals surface area contributed by atoms with Crippen LogP contribution in [0.3, 0.4) is 0 Å². The average Bonchev–Trinajstić information content (AvgIpc) is 3.20. The molecule has 0 saturated heterocycles. The summed E-state index contributed by atoms with van der Waals surface area (Å²) in [5.74, 6) is -1.03. The average molecular weight is 479 g/mol. The number of benzene rings is 3. The normalized spacial score (nSPS) is 10.6. The van der Waals surface area contributed by atoms with Gasteiger partial charge in [0.05, 0.1) is 35.9 Å². The van der Waals surface area contributed by atoms with Crippen LogP contribution in [0.5, 0.6) is 5.75 Å². The summed E-state index contributed by atoms with van der Waals surface area (Å²) >= 11 is 6.07. The fourth-order valence-corrected chi connectivity index (χ4v) is 3.59. The molecule has 0 aliphatic rings. The lowest BCUT2D eigenvalue weighted by Gasteiger charge is -2.13. The fraction of sp³-hybridized carbons (Fsp3) is 0.0800. The number of methoxy groups -OCH3 is 1. The Labute approximate surface area is 200 Å². The second kappa shape index (κ2) is 9.76. The molecule has 2 amide bonds. The van der Waals surface area contributed by atoms with Gasteiger partial charge in [0.15, 0.2) is 0 Å². The van der Waals surface area contributed by atoms with Gasteiger partial charge in [0.2, 0.25) is 0 Å². The Morgan fingerprint density at radius 3 is 2.53 bits per heavy atom. The van der Waals surface area contributed by atoms with E-state index in [2.05, 4.69) is 15.7 Å². The van der Waals surface area contributed by atoms with Crippen LogP contribution in [0, 0.1) is 12.7 Å². The quantitative estimate of drug-likeness (QED) is 0.384. The summed E-state index contributed by atoms with van der Waals surface area (Å²) in [5, 5.41) is 10.4. The summed E-state index contributed by atoms with van der Waals surface area (Å²) in [6.45, 7) is 1.78. The minimum Gasteiger partial charge on any atom is -0.495 e. The van der Waals surface area contributed by atoms with Crippen LogP contribution in [-0.4, -0.2) is 28.7 Å². The largest absolute Gasteiger partial charge is 0.495 e. The highest BCUT2D eigenvalue weighted by molar-refractivity contribution is 6.30. The highest BCUT2D eigenvalue weighted by Crippen LogP contribution is 2.29. The van der Waals surface area contributed by atoms with Gasteiger partial charge in [-0.05, 0) is 61.5 Å². The van der Waals surface area contributed by atoms with Crippen molar-refractivity contribution in [1.82, 2.24) is 9.78 Å². The van der Waals surface area contributed by atoms with E-state index >= 15 is 0 Å². The summed E-state index contributed by atoms with van der Waals surface area (Å²) in [7, 11) is 1.46. The number of amides is 2. The van der Waals surface area contributed by atoms with Crippen molar-refractivity contribution in [2.24, 2.45) is 0 Å². The van der Waals surface area contributed by atoms with Crippen molar-refractivity contribution in [3.05, 3.63) is 101 Å². The van der Waals surface area contributed by atoms with E-state index in [1.54, 1.807) is 48.0 Å². The van der Waals surface area contributed by atoms with Crippen LogP contribution < -0.4 is 15.4 Å². The smallest absolute Gasteiger partial charge is 0.259 e. The number of anilines is 2. The Kier molecular flexibility index (Phi) is 6.60. The van der Waals surface area contributed by atoms with Gasteiger partial charge in [-0.1, -0.05) is 23.7 Å². The van der Waals surface area contributed by atoms with Crippen LogP contribution in [0.15, 0.2) is 72.9 Å². The molecule has 0 fully saturated rings. The van der Waals surface area contributed by atoms with Crippen LogP contribution in [0.4, 0.5) is 15.8 Å². The van der Waals surface area contributed by atoms with E-state index in [4.69, 9.17) is 16.3 Å². The summed E-state index contributed by atoms with van der Waals surface area (Å²) in [4.78, 5) is 25.5. The molecule has 4 rings (SSSR count). The third-order valence-electron chi connectivity index (χ3n) is 5.10. The molecule has 172 valence electrons. The van der Waals surface area contributed by atoms with Crippen LogP contribution in [0.1, 0.15) is 26.4 Å². The van der Waals surface area contributed by atoms with Crippen LogP contribution >= 0.6 is 11.6 Å². The summed E-state index contributed by atoms with van der Waals surface area (Å²) < 4.78 is 20.4. The highest BCUT2D eigenvalue weighted by Gasteiger charge is 2.17. The van der Waals surface area contributed by atoms with Gasteiger partial charge < -0.3 is 15.4 Å². The third-order valence-corrected chi connectivity index (χ3v) is 5.33. The Hall–Kier alpha value is -4.17. The first-order valence-corrected chi connectivity index (χ1v) is 10.6. The van der Waals surface area contributed by atoms with E-state index in [0.717, 1.165) is 11.8 Å². The van der Waals surface area contributed by atoms with Gasteiger partial charge in [-0.15, -0.1) is 0 Å². The number of nitrogens with zero attached hydrogens (tertiary/aromatic N) is 2. The van der Waals surface area contributed by atoms with Crippen molar-refractivity contribution < 1.29 is 18.7 Å². The molecule has 0 atom stereocenters. The summed E-state index contributed by atoms with van der Waals surface area (Å²) in [6.07, 6.45) is 1.47. The van der Waals surface area contributed by atoms with Gasteiger partial charge in [0, 0.05) is 16.3 Å². The molecular formula is C25H20ClFN4O3. The number of carbonyl (C=O) groups excluding carboxylic acids is 2. The first kappa shape index (κ1) is 23.0. The molecule has 0 unspecified atom stereocenters. The first-order chi connectivity index (χ1) is 16.4. The second-order valence-corrected chi connectivity index (χ2v) is 7.81. The molecule has 34 heavy (non-hydrogen) atoms. The predicted octanol–water partition coefficient (Wildman–Crippen LogP) is 5.49. The molecule has 1 heterocycles. The van der Waals surface area contributed by atoms with Gasteiger partial charge in [-0.25, -0.2) is 9.07 Å². The lowest BCUT2D eigenvalue weighted by atomic mass is 10.2. The Bertz CT molecular complexity index is 1390. The molecule has 0 aliphatic carbocycles. The van der Waals surface area contributed by atoms with Crippen molar-refractivity contribution in [3.8, 4) is 11.4 Å². The minimum absolute atomic E-state index is 0.153. The van der Waals surface area contributed by atoms with Crippen molar-refractivity contribution in [2.45, 2.75) is 6.92 Å². The van der Waals surface area contributed by atoms with E-state index in [0.29, 0.717) is 33.4 Å². The SMILES string of the molecule is COc1ccc(NC(=O)c2cnn(-c3cccc(Cl)c3)c2C)cc1NC(=O)c1cccc(F)c1. The molecule has 1 aromatic heterocycles. The molecule has 0 saturated carbocycles. The first-order valence-electron chi connectivity index (χ1n) is 10.2. The number of carbonyl (C=O) groups is 2. The van der Waals surface area contributed by atoms with Crippen LogP contribution in [0.25, 0.3) is 5.69 Å². The van der Waals surface area contributed by atoms with Crippen LogP contribution in [-0.2, 0) is 0 Å². The molecule has 9 heteroatoms. The van der Waals surface area contributed by atoms with Crippen molar-refractivity contribution in [3.63, 3.8) is 0 Å². The zero-order valence-corrected chi connectivity index (χ0v) is 19.1. The van der Waals surface area contributed by atoms with Crippen molar-refractivity contribution in [2.75, 3.05) is 17.7 Å². The lowest BCUT2D eigenvalue weighted by molar-refractivity contribution is 0.101. The van der Waals surface area contributed by atoms with Crippen LogP contribution in [0.2, 0.25) is 5.02 Å². The van der Waals surface area contributed by atoms with E-state index in [9.17, 15) is 14.0 Å². The highest BCUT2D eigenvalue weighted by atomic mass is 35.5. The van der Waals surface area contributed by atoms with E-state index in [1.807, 2.05) is 6.07 Å². The molecule has 0 radical (unpaired) electrons. The number of hydrogen-bond acceptors (Lipinski definition) is 4. The maximum Gasteiger partial charge on any atom is 0.259 e. The van der Waals surface area contributed by atoms with Gasteiger partial charge in [-0.2, -0.15) is 5.10 Å². The van der Waals surface area contributed by atoms with Gasteiger partial charge in [0.25, 0.3) is 11.8 Å². The molecule has 0 aliphatic heterocycles. The zero-order valence-electron chi connectivity index (χ0n) is 18.3. The monoisotopic (exact) mass is 478 g/mol. The van der Waals surface area contributed by atoms with E-state index < -0.39 is 11.7 Å². The number of rotatable bonds is 6. The standard InChI is InChI=1S/C25H20ClFN4O3/c1-15-21(14-28-31(15)20-8-4-6-17(26)12-20)25(33)29-19-9-10-23(34-2)22(13-19)30-24(32)16-5-3-7-18(27)11-16/h3-14H,1-2H3,(H,29,33)(H,30,32). The van der Waals surface area contributed by atoms with E-state index in [-0.39, 0.29) is 11.5 Å². The number of aromatic nitrogens is 2. The number of ether oxygens (including phenoxy) is 1. The number of nitrogens with one attached hydrogen (secondary N) is 2. The molecular weight excluding hydrogens is 459 g/mol. The Balaban J connectivity index is 1.55. The Morgan fingerprint density at radius 1 is 1.00 bits per heavy atom. The number of halogens is 2. The molecule has 7 nitrogen and oxygen atoms in total. The van der Waals surface area contributed by atoms with Crippen molar-refractivity contribution in [1.29, 1.82) is 0 Å².